The minimum atomic E-state index is -0.453. The molecule has 0 aliphatic heterocycles. The van der Waals surface area contributed by atoms with Gasteiger partial charge in [0, 0.05) is 12.5 Å². The van der Waals surface area contributed by atoms with E-state index in [1.807, 2.05) is 6.92 Å². The number of ether oxygens (including phenoxy) is 1. The fourth-order valence-electron chi connectivity index (χ4n) is 1.32. The van der Waals surface area contributed by atoms with Crippen LogP contribution in [0.5, 0.6) is 5.75 Å². The molecule has 0 aliphatic carbocycles. The predicted octanol–water partition coefficient (Wildman–Crippen LogP) is 3.58. The Morgan fingerprint density at radius 2 is 2.00 bits per heavy atom. The van der Waals surface area contributed by atoms with Gasteiger partial charge in [0.05, 0.1) is 9.92 Å². The summed E-state index contributed by atoms with van der Waals surface area (Å²) in [5.41, 5.74) is 0.364. The van der Waals surface area contributed by atoms with Crippen molar-refractivity contribution >= 4 is 35.1 Å². The molecule has 0 N–H and O–H groups in total. The topological polar surface area (TPSA) is 43.4 Å². The van der Waals surface area contributed by atoms with Crippen LogP contribution in [-0.2, 0) is 4.79 Å². The third-order valence-corrected chi connectivity index (χ3v) is 3.28. The summed E-state index contributed by atoms with van der Waals surface area (Å²) in [7, 11) is 0. The monoisotopic (exact) mass is 272 g/mol. The van der Waals surface area contributed by atoms with Crippen molar-refractivity contribution in [3.63, 3.8) is 0 Å². The van der Waals surface area contributed by atoms with Crippen LogP contribution in [0, 0.1) is 0 Å². The number of Topliss-reactive ketones (excluding diaryl/α,β-unsaturated/α-hetero) is 1. The minimum absolute atomic E-state index is 0.156. The van der Waals surface area contributed by atoms with Gasteiger partial charge in [0.2, 0.25) is 0 Å². The van der Waals surface area contributed by atoms with E-state index in [1.165, 1.54) is 25.6 Å². The lowest BCUT2D eigenvalue weighted by molar-refractivity contribution is -0.132. The van der Waals surface area contributed by atoms with Crippen LogP contribution in [-0.4, -0.2) is 17.5 Å². The van der Waals surface area contributed by atoms with Crippen LogP contribution in [0.1, 0.15) is 31.1 Å². The van der Waals surface area contributed by atoms with Gasteiger partial charge < -0.3 is 4.74 Å². The number of hydrogen-bond acceptors (Lipinski definition) is 4. The van der Waals surface area contributed by atoms with Gasteiger partial charge >= 0.3 is 5.97 Å². The van der Waals surface area contributed by atoms with Crippen molar-refractivity contribution in [1.82, 2.24) is 0 Å². The molecule has 1 aromatic rings. The van der Waals surface area contributed by atoms with Gasteiger partial charge in [0.15, 0.2) is 11.5 Å². The van der Waals surface area contributed by atoms with Crippen LogP contribution in [0.4, 0.5) is 0 Å². The summed E-state index contributed by atoms with van der Waals surface area (Å²) in [6, 6.07) is 3.39. The maximum absolute atomic E-state index is 11.3. The van der Waals surface area contributed by atoms with E-state index in [1.54, 1.807) is 12.1 Å². The fourth-order valence-corrected chi connectivity index (χ4v) is 2.46. The number of ketones is 1. The zero-order chi connectivity index (χ0) is 13.0. The highest BCUT2D eigenvalue weighted by Crippen LogP contribution is 2.38. The second-order valence-corrected chi connectivity index (χ2v) is 5.02. The molecular weight excluding hydrogens is 260 g/mol. The van der Waals surface area contributed by atoms with Crippen molar-refractivity contribution in [2.24, 2.45) is 0 Å². The molecule has 0 heterocycles. The first-order chi connectivity index (χ1) is 7.97. The largest absolute Gasteiger partial charge is 0.424 e. The van der Waals surface area contributed by atoms with Crippen LogP contribution >= 0.6 is 23.4 Å². The first kappa shape index (κ1) is 14.1. The maximum atomic E-state index is 11.3. The Labute approximate surface area is 109 Å². The van der Waals surface area contributed by atoms with Gasteiger partial charge in [-0.3, -0.25) is 9.59 Å². The van der Waals surface area contributed by atoms with Gasteiger partial charge in [-0.15, -0.1) is 11.8 Å². The van der Waals surface area contributed by atoms with E-state index in [0.29, 0.717) is 5.56 Å². The van der Waals surface area contributed by atoms with Crippen molar-refractivity contribution in [1.29, 1.82) is 0 Å². The minimum Gasteiger partial charge on any atom is -0.424 e. The molecule has 0 saturated carbocycles. The SMILES string of the molecule is CCSc1ccc(C(C)=O)c(Cl)c1OC(C)=O. The average Bonchev–Trinajstić information content (AvgIpc) is 2.22. The quantitative estimate of drug-likeness (QED) is 0.364. The summed E-state index contributed by atoms with van der Waals surface area (Å²) in [6.45, 7) is 4.71. The molecule has 0 fully saturated rings. The van der Waals surface area contributed by atoms with E-state index in [2.05, 4.69) is 0 Å². The maximum Gasteiger partial charge on any atom is 0.308 e. The summed E-state index contributed by atoms with van der Waals surface area (Å²) >= 11 is 7.58. The van der Waals surface area contributed by atoms with Gasteiger partial charge in [-0.2, -0.15) is 0 Å². The third kappa shape index (κ3) is 3.48. The highest BCUT2D eigenvalue weighted by molar-refractivity contribution is 7.99. The Morgan fingerprint density at radius 3 is 2.47 bits per heavy atom. The Balaban J connectivity index is 3.30. The van der Waals surface area contributed by atoms with E-state index in [4.69, 9.17) is 16.3 Å². The molecule has 5 heteroatoms. The second kappa shape index (κ2) is 6.07. The molecule has 0 aromatic heterocycles. The van der Waals surface area contributed by atoms with Crippen molar-refractivity contribution in [2.45, 2.75) is 25.7 Å². The highest BCUT2D eigenvalue weighted by Gasteiger charge is 2.17. The Morgan fingerprint density at radius 1 is 1.35 bits per heavy atom. The Hall–Kier alpha value is -1.00. The van der Waals surface area contributed by atoms with Gasteiger partial charge in [0.1, 0.15) is 0 Å². The van der Waals surface area contributed by atoms with Crippen LogP contribution in [0.25, 0.3) is 0 Å². The number of esters is 1. The molecule has 0 spiro atoms. The smallest absolute Gasteiger partial charge is 0.308 e. The molecule has 3 nitrogen and oxygen atoms in total. The molecule has 0 radical (unpaired) electrons. The first-order valence-electron chi connectivity index (χ1n) is 5.12. The van der Waals surface area contributed by atoms with Crippen molar-refractivity contribution in [3.8, 4) is 5.75 Å². The lowest BCUT2D eigenvalue weighted by Gasteiger charge is -2.11. The van der Waals surface area contributed by atoms with Gasteiger partial charge in [-0.25, -0.2) is 0 Å². The van der Waals surface area contributed by atoms with Crippen molar-refractivity contribution < 1.29 is 14.3 Å². The fraction of sp³-hybridized carbons (Fsp3) is 0.333. The molecule has 0 unspecified atom stereocenters. The average molecular weight is 273 g/mol. The van der Waals surface area contributed by atoms with E-state index >= 15 is 0 Å². The molecule has 0 atom stereocenters. The second-order valence-electron chi connectivity index (χ2n) is 3.34. The zero-order valence-electron chi connectivity index (χ0n) is 9.87. The van der Waals surface area contributed by atoms with E-state index < -0.39 is 5.97 Å². The molecule has 17 heavy (non-hydrogen) atoms. The van der Waals surface area contributed by atoms with Gasteiger partial charge in [0.25, 0.3) is 0 Å². The number of carbonyl (C=O) groups is 2. The molecular formula is C12H13ClO3S. The Kier molecular flexibility index (Phi) is 5.02. The van der Waals surface area contributed by atoms with Gasteiger partial charge in [-0.05, 0) is 24.8 Å². The van der Waals surface area contributed by atoms with Crippen LogP contribution in [0.2, 0.25) is 5.02 Å². The number of thioether (sulfide) groups is 1. The summed E-state index contributed by atoms with van der Waals surface area (Å²) in [5, 5.41) is 0.200. The highest BCUT2D eigenvalue weighted by atomic mass is 35.5. The third-order valence-electron chi connectivity index (χ3n) is 1.99. The standard InChI is InChI=1S/C12H13ClO3S/c1-4-17-10-6-5-9(7(2)14)11(13)12(10)16-8(3)15/h5-6H,4H2,1-3H3. The molecule has 0 aliphatic rings. The summed E-state index contributed by atoms with van der Waals surface area (Å²) in [5.74, 6) is 0.491. The molecule has 1 aromatic carbocycles. The molecule has 0 bridgehead atoms. The number of benzene rings is 1. The summed E-state index contributed by atoms with van der Waals surface area (Å²) in [4.78, 5) is 23.1. The normalized spacial score (nSPS) is 10.1. The van der Waals surface area contributed by atoms with Crippen LogP contribution in [0.3, 0.4) is 0 Å². The van der Waals surface area contributed by atoms with Crippen molar-refractivity contribution in [2.75, 3.05) is 5.75 Å². The number of carbonyl (C=O) groups excluding carboxylic acids is 2. The van der Waals surface area contributed by atoms with E-state index in [9.17, 15) is 9.59 Å². The number of halogens is 1. The zero-order valence-corrected chi connectivity index (χ0v) is 11.4. The lowest BCUT2D eigenvalue weighted by Crippen LogP contribution is -2.05. The number of rotatable bonds is 4. The predicted molar refractivity (Wildman–Crippen MR) is 69.2 cm³/mol. The summed E-state index contributed by atoms with van der Waals surface area (Å²) < 4.78 is 5.08. The molecule has 1 rings (SSSR count). The van der Waals surface area contributed by atoms with Crippen molar-refractivity contribution in [3.05, 3.63) is 22.7 Å². The van der Waals surface area contributed by atoms with Crippen LogP contribution in [0.15, 0.2) is 17.0 Å². The summed E-state index contributed by atoms with van der Waals surface area (Å²) in [6.07, 6.45) is 0. The lowest BCUT2D eigenvalue weighted by atomic mass is 10.1. The van der Waals surface area contributed by atoms with Crippen LogP contribution < -0.4 is 4.74 Å². The molecule has 92 valence electrons. The molecule has 0 saturated heterocycles. The first-order valence-corrected chi connectivity index (χ1v) is 6.48. The Bertz CT molecular complexity index is 457. The number of hydrogen-bond donors (Lipinski definition) is 0. The van der Waals surface area contributed by atoms with Gasteiger partial charge in [-0.1, -0.05) is 18.5 Å². The molecule has 0 amide bonds. The van der Waals surface area contributed by atoms with E-state index in [0.717, 1.165) is 10.6 Å². The van der Waals surface area contributed by atoms with E-state index in [-0.39, 0.29) is 16.6 Å².